The SMILES string of the molecule is COc1cc(N)ccc1Cl.COc1cc(NC(=O)c2ccc(F)c(C(F)(F)F)c2)ccc1Cl.O=C(O)c1ccc(F)c(C(F)(F)F)c1. The number of benzene rings is 4. The van der Waals surface area contributed by atoms with Crippen LogP contribution in [-0.2, 0) is 12.4 Å². The van der Waals surface area contributed by atoms with E-state index in [1.165, 1.54) is 25.3 Å². The minimum atomic E-state index is -4.89. The number of nitrogens with one attached hydrogen (secondary N) is 1. The minimum absolute atomic E-state index is 0.262. The van der Waals surface area contributed by atoms with E-state index >= 15 is 0 Å². The molecule has 4 rings (SSSR count). The van der Waals surface area contributed by atoms with E-state index in [9.17, 15) is 44.7 Å². The number of alkyl halides is 6. The summed E-state index contributed by atoms with van der Waals surface area (Å²) < 4.78 is 110. The lowest BCUT2D eigenvalue weighted by atomic mass is 10.1. The van der Waals surface area contributed by atoms with Crippen LogP contribution in [0.1, 0.15) is 31.8 Å². The molecule has 4 aromatic carbocycles. The fraction of sp³-hybridized carbons (Fsp3) is 0.133. The van der Waals surface area contributed by atoms with Crippen molar-refractivity contribution < 1.29 is 59.3 Å². The summed E-state index contributed by atoms with van der Waals surface area (Å²) in [4.78, 5) is 22.3. The van der Waals surface area contributed by atoms with Crippen LogP contribution < -0.4 is 20.5 Å². The van der Waals surface area contributed by atoms with E-state index in [1.807, 2.05) is 0 Å². The first-order valence-electron chi connectivity index (χ1n) is 12.5. The van der Waals surface area contributed by atoms with E-state index in [4.69, 9.17) is 43.5 Å². The fourth-order valence-electron chi connectivity index (χ4n) is 3.38. The molecule has 0 aliphatic carbocycles. The number of methoxy groups -OCH3 is 2. The molecule has 7 nitrogen and oxygen atoms in total. The van der Waals surface area contributed by atoms with E-state index in [-0.39, 0.29) is 17.3 Å². The van der Waals surface area contributed by atoms with Gasteiger partial charge >= 0.3 is 18.3 Å². The van der Waals surface area contributed by atoms with Gasteiger partial charge in [0.15, 0.2) is 0 Å². The van der Waals surface area contributed by atoms with Crippen molar-refractivity contribution in [3.63, 3.8) is 0 Å². The standard InChI is InChI=1S/C15H10ClF4NO2.C8H4F4O2.C7H8ClNO/c1-23-13-7-9(3-4-11(13)16)21-14(22)8-2-5-12(17)10(6-8)15(18,19)20;9-6-2-1-4(7(13)14)3-5(6)8(10,11)12;1-10-7-4-5(9)2-3-6(7)8/h2-7H,1H3,(H,21,22);1-3H,(H,13,14);2-4H,9H2,1H3. The zero-order valence-electron chi connectivity index (χ0n) is 23.9. The zero-order chi connectivity index (χ0) is 35.7. The number of aromatic carboxylic acids is 1. The molecule has 0 unspecified atom stereocenters. The summed E-state index contributed by atoms with van der Waals surface area (Å²) in [5.74, 6) is -4.37. The van der Waals surface area contributed by atoms with E-state index < -0.39 is 52.6 Å². The Morgan fingerprint density at radius 1 is 0.702 bits per heavy atom. The molecule has 0 aromatic heterocycles. The second-order valence-corrected chi connectivity index (χ2v) is 9.70. The number of carbonyl (C=O) groups is 2. The number of nitrogens with two attached hydrogens (primary N) is 1. The molecule has 4 aromatic rings. The second kappa shape index (κ2) is 16.2. The topological polar surface area (TPSA) is 111 Å². The Bertz CT molecular complexity index is 1730. The Balaban J connectivity index is 0.000000271. The highest BCUT2D eigenvalue weighted by Crippen LogP contribution is 2.33. The van der Waals surface area contributed by atoms with Crippen molar-refractivity contribution in [1.82, 2.24) is 0 Å². The molecule has 252 valence electrons. The lowest BCUT2D eigenvalue weighted by molar-refractivity contribution is -0.140. The number of anilines is 2. The summed E-state index contributed by atoms with van der Waals surface area (Å²) >= 11 is 11.5. The van der Waals surface area contributed by atoms with Gasteiger partial charge in [-0.2, -0.15) is 26.3 Å². The van der Waals surface area contributed by atoms with Gasteiger partial charge in [-0.25, -0.2) is 13.6 Å². The zero-order valence-corrected chi connectivity index (χ0v) is 25.4. The van der Waals surface area contributed by atoms with Crippen LogP contribution in [-0.4, -0.2) is 31.2 Å². The number of nitrogen functional groups attached to an aromatic ring is 1. The Morgan fingerprint density at radius 2 is 1.15 bits per heavy atom. The fourth-order valence-corrected chi connectivity index (χ4v) is 3.77. The second-order valence-electron chi connectivity index (χ2n) is 8.89. The van der Waals surface area contributed by atoms with Gasteiger partial charge in [-0.15, -0.1) is 0 Å². The first kappa shape index (κ1) is 38.4. The molecule has 47 heavy (non-hydrogen) atoms. The minimum Gasteiger partial charge on any atom is -0.495 e. The maximum atomic E-state index is 13.2. The number of carboxylic acid groups (broad SMARTS) is 1. The largest absolute Gasteiger partial charge is 0.495 e. The van der Waals surface area contributed by atoms with Crippen LogP contribution in [0.15, 0.2) is 72.8 Å². The number of carboxylic acids is 1. The molecule has 0 bridgehead atoms. The highest BCUT2D eigenvalue weighted by Gasteiger charge is 2.35. The summed E-state index contributed by atoms with van der Waals surface area (Å²) in [5.41, 5.74) is 2.39. The lowest BCUT2D eigenvalue weighted by Crippen LogP contribution is -2.15. The van der Waals surface area contributed by atoms with Gasteiger partial charge in [0.2, 0.25) is 0 Å². The number of rotatable bonds is 5. The van der Waals surface area contributed by atoms with E-state index in [2.05, 4.69) is 5.32 Å². The molecule has 0 fully saturated rings. The molecule has 0 radical (unpaired) electrons. The van der Waals surface area contributed by atoms with Crippen LogP contribution in [0.25, 0.3) is 0 Å². The highest BCUT2D eigenvalue weighted by atomic mass is 35.5. The molecule has 0 atom stereocenters. The number of hydrogen-bond donors (Lipinski definition) is 3. The summed E-state index contributed by atoms with van der Waals surface area (Å²) in [6.07, 6.45) is -9.76. The van der Waals surface area contributed by atoms with Crippen molar-refractivity contribution in [2.45, 2.75) is 12.4 Å². The Kier molecular flexibility index (Phi) is 13.2. The van der Waals surface area contributed by atoms with Gasteiger partial charge < -0.3 is 25.6 Å². The molecule has 0 spiro atoms. The molecule has 0 aliphatic heterocycles. The van der Waals surface area contributed by atoms with Crippen molar-refractivity contribution in [1.29, 1.82) is 0 Å². The van der Waals surface area contributed by atoms with Crippen LogP contribution in [0.2, 0.25) is 10.0 Å². The Hall–Kier alpha value is -4.76. The molecule has 0 saturated carbocycles. The normalized spacial score (nSPS) is 10.9. The summed E-state index contributed by atoms with van der Waals surface area (Å²) in [6.45, 7) is 0. The van der Waals surface area contributed by atoms with E-state index in [1.54, 1.807) is 25.3 Å². The lowest BCUT2D eigenvalue weighted by Gasteiger charge is -2.11. The van der Waals surface area contributed by atoms with Gasteiger partial charge in [-0.05, 0) is 60.7 Å². The molecular weight excluding hydrogens is 691 g/mol. The van der Waals surface area contributed by atoms with Crippen molar-refractivity contribution >= 4 is 46.5 Å². The number of carbonyl (C=O) groups excluding carboxylic acids is 1. The number of halogens is 10. The average Bonchev–Trinajstić information content (AvgIpc) is 2.99. The van der Waals surface area contributed by atoms with Crippen LogP contribution in [0.4, 0.5) is 46.5 Å². The molecule has 1 amide bonds. The van der Waals surface area contributed by atoms with E-state index in [0.29, 0.717) is 45.4 Å². The summed E-state index contributed by atoms with van der Waals surface area (Å²) in [7, 11) is 2.93. The van der Waals surface area contributed by atoms with Crippen molar-refractivity contribution in [3.8, 4) is 11.5 Å². The predicted octanol–water partition coefficient (Wildman–Crippen LogP) is 9.23. The predicted molar refractivity (Wildman–Crippen MR) is 158 cm³/mol. The molecular formula is C30H22Cl2F8N2O5. The molecule has 0 heterocycles. The summed E-state index contributed by atoms with van der Waals surface area (Å²) in [6, 6.07) is 13.0. The van der Waals surface area contributed by atoms with Gasteiger partial charge in [0.25, 0.3) is 5.91 Å². The Morgan fingerprint density at radius 3 is 1.60 bits per heavy atom. The maximum Gasteiger partial charge on any atom is 0.419 e. The van der Waals surface area contributed by atoms with Gasteiger partial charge in [0.05, 0.1) is 41.0 Å². The Labute approximate surface area is 271 Å². The van der Waals surface area contributed by atoms with Crippen LogP contribution in [0, 0.1) is 11.6 Å². The average molecular weight is 713 g/mol. The molecule has 0 aliphatic rings. The first-order chi connectivity index (χ1) is 21.8. The number of ether oxygens (including phenoxy) is 2. The smallest absolute Gasteiger partial charge is 0.419 e. The van der Waals surface area contributed by atoms with Crippen molar-refractivity contribution in [2.75, 3.05) is 25.3 Å². The number of amides is 1. The van der Waals surface area contributed by atoms with Gasteiger partial charge in [-0.3, -0.25) is 4.79 Å². The third-order valence-electron chi connectivity index (χ3n) is 5.64. The third-order valence-corrected chi connectivity index (χ3v) is 6.26. The third kappa shape index (κ3) is 11.2. The van der Waals surface area contributed by atoms with E-state index in [0.717, 1.165) is 12.1 Å². The monoisotopic (exact) mass is 712 g/mol. The van der Waals surface area contributed by atoms with Gasteiger partial charge in [0.1, 0.15) is 23.1 Å². The summed E-state index contributed by atoms with van der Waals surface area (Å²) in [5, 5.41) is 11.7. The highest BCUT2D eigenvalue weighted by molar-refractivity contribution is 6.32. The van der Waals surface area contributed by atoms with Crippen LogP contribution in [0.3, 0.4) is 0 Å². The van der Waals surface area contributed by atoms with Crippen molar-refractivity contribution in [3.05, 3.63) is 117 Å². The maximum absolute atomic E-state index is 13.2. The molecule has 0 saturated heterocycles. The van der Waals surface area contributed by atoms with Gasteiger partial charge in [0, 0.05) is 29.1 Å². The quantitative estimate of drug-likeness (QED) is 0.141. The van der Waals surface area contributed by atoms with Crippen LogP contribution in [0.5, 0.6) is 11.5 Å². The van der Waals surface area contributed by atoms with Crippen LogP contribution >= 0.6 is 23.2 Å². The van der Waals surface area contributed by atoms with Gasteiger partial charge in [-0.1, -0.05) is 23.2 Å². The molecule has 4 N–H and O–H groups in total. The van der Waals surface area contributed by atoms with Crippen molar-refractivity contribution in [2.24, 2.45) is 0 Å². The number of hydrogen-bond acceptors (Lipinski definition) is 5. The first-order valence-corrected chi connectivity index (χ1v) is 13.2. The molecule has 17 heteroatoms.